The van der Waals surface area contributed by atoms with E-state index < -0.39 is 12.1 Å². The van der Waals surface area contributed by atoms with Crippen molar-refractivity contribution in [3.05, 3.63) is 17.5 Å². The average molecular weight is 448 g/mol. The molecule has 2 fully saturated rings. The summed E-state index contributed by atoms with van der Waals surface area (Å²) in [5, 5.41) is 17.5. The lowest BCUT2D eigenvalue weighted by Crippen LogP contribution is -2.54. The largest absolute Gasteiger partial charge is 0.490 e. The van der Waals surface area contributed by atoms with Gasteiger partial charge < -0.3 is 15.2 Å². The fourth-order valence-corrected chi connectivity index (χ4v) is 3.92. The van der Waals surface area contributed by atoms with Gasteiger partial charge in [-0.05, 0) is 63.1 Å². The third-order valence-electron chi connectivity index (χ3n) is 5.53. The highest BCUT2D eigenvalue weighted by molar-refractivity contribution is 5.73. The summed E-state index contributed by atoms with van der Waals surface area (Å²) < 4.78 is 36.9. The summed E-state index contributed by atoms with van der Waals surface area (Å²) in [6, 6.07) is 2.42. The zero-order valence-electron chi connectivity index (χ0n) is 18.1. The summed E-state index contributed by atoms with van der Waals surface area (Å²) in [6.45, 7) is 9.80. The number of carbonyl (C=O) groups is 2. The minimum Gasteiger partial charge on any atom is -0.475 e. The van der Waals surface area contributed by atoms with Crippen LogP contribution in [0.1, 0.15) is 50.9 Å². The lowest BCUT2D eigenvalue weighted by molar-refractivity contribution is -0.192. The van der Waals surface area contributed by atoms with Gasteiger partial charge in [0.1, 0.15) is 0 Å². The minimum atomic E-state index is -5.08. The summed E-state index contributed by atoms with van der Waals surface area (Å²) in [5.74, 6) is -2.38. The van der Waals surface area contributed by atoms with Gasteiger partial charge in [-0.15, -0.1) is 0 Å². The van der Waals surface area contributed by atoms with Crippen LogP contribution in [0.15, 0.2) is 6.07 Å². The molecule has 1 aliphatic heterocycles. The number of amides is 1. The van der Waals surface area contributed by atoms with Crippen LogP contribution in [0.3, 0.4) is 0 Å². The summed E-state index contributed by atoms with van der Waals surface area (Å²) in [7, 11) is 0. The highest BCUT2D eigenvalue weighted by Gasteiger charge is 2.46. The fourth-order valence-electron chi connectivity index (χ4n) is 3.92. The molecule has 3 N–H and O–H groups in total. The van der Waals surface area contributed by atoms with E-state index in [0.717, 1.165) is 43.9 Å². The number of alkyl carbamates (subject to hydrolysis) is 1. The Kier molecular flexibility index (Phi) is 8.33. The number of piperidine rings is 1. The van der Waals surface area contributed by atoms with Crippen LogP contribution in [0.4, 0.5) is 18.0 Å². The van der Waals surface area contributed by atoms with Crippen LogP contribution < -0.4 is 5.32 Å². The van der Waals surface area contributed by atoms with Gasteiger partial charge in [-0.3, -0.25) is 10.00 Å². The van der Waals surface area contributed by atoms with E-state index in [0.29, 0.717) is 24.0 Å². The maximum Gasteiger partial charge on any atom is 0.490 e. The number of ether oxygens (including phenoxy) is 1. The number of aromatic nitrogens is 2. The second-order valence-electron chi connectivity index (χ2n) is 8.86. The van der Waals surface area contributed by atoms with E-state index in [-0.39, 0.29) is 6.09 Å². The highest BCUT2D eigenvalue weighted by atomic mass is 19.4. The van der Waals surface area contributed by atoms with Crippen LogP contribution in [0, 0.1) is 18.3 Å². The highest BCUT2D eigenvalue weighted by Crippen LogP contribution is 2.49. The zero-order valence-corrected chi connectivity index (χ0v) is 18.1. The summed E-state index contributed by atoms with van der Waals surface area (Å²) in [6.07, 6.45) is -0.710. The molecule has 3 rings (SSSR count). The van der Waals surface area contributed by atoms with Crippen LogP contribution >= 0.6 is 0 Å². The van der Waals surface area contributed by atoms with Gasteiger partial charge in [-0.2, -0.15) is 18.3 Å². The first kappa shape index (κ1) is 25.0. The minimum absolute atomic E-state index is 0.255. The van der Waals surface area contributed by atoms with Gasteiger partial charge in [0.2, 0.25) is 0 Å². The summed E-state index contributed by atoms with van der Waals surface area (Å²) >= 11 is 0. The molecule has 176 valence electrons. The molecule has 2 heterocycles. The molecule has 0 atom stereocenters. The first-order valence-electron chi connectivity index (χ1n) is 10.4. The predicted octanol–water partition coefficient (Wildman–Crippen LogP) is 3.48. The molecule has 0 aromatic carbocycles. The molecule has 1 saturated carbocycles. The fraction of sp³-hybridized carbons (Fsp3) is 0.750. The van der Waals surface area contributed by atoms with E-state index >= 15 is 0 Å². The Morgan fingerprint density at radius 1 is 1.35 bits per heavy atom. The molecule has 0 unspecified atom stereocenters. The maximum atomic E-state index is 11.7. The molecular weight excluding hydrogens is 417 g/mol. The Morgan fingerprint density at radius 2 is 1.94 bits per heavy atom. The van der Waals surface area contributed by atoms with Crippen molar-refractivity contribution in [1.82, 2.24) is 20.4 Å². The Balaban J connectivity index is 0.000000423. The molecule has 1 aromatic rings. The monoisotopic (exact) mass is 448 g/mol. The number of aromatic amines is 1. The van der Waals surface area contributed by atoms with Crippen LogP contribution in [0.5, 0.6) is 0 Å². The summed E-state index contributed by atoms with van der Waals surface area (Å²) in [4.78, 5) is 23.1. The number of halogens is 3. The van der Waals surface area contributed by atoms with Crippen molar-refractivity contribution in [2.24, 2.45) is 11.3 Å². The van der Waals surface area contributed by atoms with Crippen molar-refractivity contribution in [2.45, 2.75) is 65.2 Å². The van der Waals surface area contributed by atoms with Gasteiger partial charge in [0.15, 0.2) is 0 Å². The zero-order chi connectivity index (χ0) is 23.2. The van der Waals surface area contributed by atoms with Crippen LogP contribution in [0.25, 0.3) is 0 Å². The van der Waals surface area contributed by atoms with E-state index in [1.807, 2.05) is 20.8 Å². The lowest BCUT2D eigenvalue weighted by atomic mass is 9.60. The SMILES string of the molecule is Cc1cc(CN2CCC3(CC2)CC(NC(=O)OCC(C)C)C3)n[nH]1.O=C(O)C(F)(F)F. The Morgan fingerprint density at radius 3 is 2.39 bits per heavy atom. The molecule has 1 amide bonds. The van der Waals surface area contributed by atoms with Crippen molar-refractivity contribution in [3.8, 4) is 0 Å². The van der Waals surface area contributed by atoms with E-state index in [2.05, 4.69) is 26.5 Å². The van der Waals surface area contributed by atoms with Crippen molar-refractivity contribution in [3.63, 3.8) is 0 Å². The number of carboxylic acid groups (broad SMARTS) is 1. The van der Waals surface area contributed by atoms with E-state index in [1.165, 1.54) is 12.8 Å². The topological polar surface area (TPSA) is 108 Å². The second-order valence-corrected chi connectivity index (χ2v) is 8.86. The number of likely N-dealkylation sites (tertiary alicyclic amines) is 1. The number of aryl methyl sites for hydroxylation is 1. The number of carboxylic acids is 1. The van der Waals surface area contributed by atoms with Crippen LogP contribution in [-0.2, 0) is 16.1 Å². The number of aliphatic carboxylic acids is 1. The standard InChI is InChI=1S/C18H30N4O2.C2HF3O2/c1-13(2)12-24-17(23)19-16-9-18(10-16)4-6-22(7-5-18)11-15-8-14(3)20-21-15;3-2(4,5)1(6)7/h8,13,16H,4-7,9-12H2,1-3H3,(H,19,23)(H,20,21);(H,6,7). The third kappa shape index (κ3) is 8.04. The van der Waals surface area contributed by atoms with Gasteiger partial charge in [-0.1, -0.05) is 13.8 Å². The van der Waals surface area contributed by atoms with Gasteiger partial charge in [0.25, 0.3) is 0 Å². The first-order valence-corrected chi connectivity index (χ1v) is 10.4. The Hall–Kier alpha value is -2.30. The average Bonchev–Trinajstić information content (AvgIpc) is 3.05. The number of carbonyl (C=O) groups excluding carboxylic acids is 1. The van der Waals surface area contributed by atoms with Crippen molar-refractivity contribution in [2.75, 3.05) is 19.7 Å². The first-order chi connectivity index (χ1) is 14.4. The van der Waals surface area contributed by atoms with E-state index in [1.54, 1.807) is 0 Å². The van der Waals surface area contributed by atoms with Gasteiger partial charge >= 0.3 is 18.2 Å². The molecule has 1 aliphatic carbocycles. The number of hydrogen-bond donors (Lipinski definition) is 3. The predicted molar refractivity (Wildman–Crippen MR) is 106 cm³/mol. The second kappa shape index (κ2) is 10.3. The molecule has 1 saturated heterocycles. The van der Waals surface area contributed by atoms with E-state index in [9.17, 15) is 18.0 Å². The third-order valence-corrected chi connectivity index (χ3v) is 5.53. The Bertz CT molecular complexity index is 735. The molecule has 31 heavy (non-hydrogen) atoms. The van der Waals surface area contributed by atoms with Crippen LogP contribution in [-0.4, -0.2) is 64.2 Å². The smallest absolute Gasteiger partial charge is 0.475 e. The Labute approximate surface area is 179 Å². The maximum absolute atomic E-state index is 11.7. The van der Waals surface area contributed by atoms with E-state index in [4.69, 9.17) is 14.6 Å². The number of rotatable bonds is 5. The van der Waals surface area contributed by atoms with Crippen molar-refractivity contribution >= 4 is 12.1 Å². The van der Waals surface area contributed by atoms with Gasteiger partial charge in [0.05, 0.1) is 12.3 Å². The molecule has 11 heteroatoms. The summed E-state index contributed by atoms with van der Waals surface area (Å²) in [5.41, 5.74) is 2.69. The molecule has 2 aliphatic rings. The normalized spacial score (nSPS) is 18.8. The molecule has 8 nitrogen and oxygen atoms in total. The number of H-pyrrole nitrogens is 1. The van der Waals surface area contributed by atoms with Crippen molar-refractivity contribution in [1.29, 1.82) is 0 Å². The molecule has 0 bridgehead atoms. The van der Waals surface area contributed by atoms with Crippen molar-refractivity contribution < 1.29 is 32.6 Å². The number of nitrogens with zero attached hydrogens (tertiary/aromatic N) is 2. The molecular formula is C20H31F3N4O4. The lowest BCUT2D eigenvalue weighted by Gasteiger charge is -2.52. The number of nitrogens with one attached hydrogen (secondary N) is 2. The van der Waals surface area contributed by atoms with Gasteiger partial charge in [0, 0.05) is 18.3 Å². The van der Waals surface area contributed by atoms with Gasteiger partial charge in [-0.25, -0.2) is 9.59 Å². The number of hydrogen-bond acceptors (Lipinski definition) is 5. The molecule has 1 aromatic heterocycles. The number of alkyl halides is 3. The van der Waals surface area contributed by atoms with Crippen LogP contribution in [0.2, 0.25) is 0 Å². The quantitative estimate of drug-likeness (QED) is 0.637. The molecule has 0 radical (unpaired) electrons. The molecule has 1 spiro atoms.